The van der Waals surface area contributed by atoms with Crippen LogP contribution in [0.4, 0.5) is 0 Å². The van der Waals surface area contributed by atoms with Crippen LogP contribution in [0.25, 0.3) is 0 Å². The maximum absolute atomic E-state index is 10.5. The minimum Gasteiger partial charge on any atom is -0.454 e. The summed E-state index contributed by atoms with van der Waals surface area (Å²) in [7, 11) is 0. The fourth-order valence-electron chi connectivity index (χ4n) is 1.79. The van der Waals surface area contributed by atoms with Crippen LogP contribution in [0.1, 0.15) is 17.5 Å². The molecule has 0 radical (unpaired) electrons. The molecular formula is C12H11NO3S. The fourth-order valence-corrected chi connectivity index (χ4v) is 2.51. The van der Waals surface area contributed by atoms with Gasteiger partial charge in [-0.15, -0.1) is 11.3 Å². The molecule has 0 spiro atoms. The molecule has 1 N–H and O–H groups in total. The van der Waals surface area contributed by atoms with E-state index in [1.54, 1.807) is 25.3 Å². The fraction of sp³-hybridized carbons (Fsp3) is 0.250. The first-order valence-electron chi connectivity index (χ1n) is 5.20. The first-order chi connectivity index (χ1) is 8.18. The van der Waals surface area contributed by atoms with Crippen LogP contribution in [0.15, 0.2) is 29.8 Å². The number of thiazole rings is 1. The number of aliphatic hydroxyl groups is 1. The van der Waals surface area contributed by atoms with Gasteiger partial charge in [-0.25, -0.2) is 4.98 Å². The van der Waals surface area contributed by atoms with Crippen LogP contribution >= 0.6 is 11.3 Å². The Kier molecular flexibility index (Phi) is 2.31. The lowest BCUT2D eigenvalue weighted by atomic mass is 9.96. The Morgan fingerprint density at radius 1 is 1.35 bits per heavy atom. The summed E-state index contributed by atoms with van der Waals surface area (Å²) < 4.78 is 10.5. The van der Waals surface area contributed by atoms with Crippen molar-refractivity contribution in [3.63, 3.8) is 0 Å². The number of ether oxygens (including phenoxy) is 2. The number of hydrogen-bond acceptors (Lipinski definition) is 5. The van der Waals surface area contributed by atoms with Crippen molar-refractivity contribution in [1.29, 1.82) is 0 Å². The van der Waals surface area contributed by atoms with Crippen molar-refractivity contribution in [3.05, 3.63) is 40.3 Å². The molecule has 0 aliphatic carbocycles. The summed E-state index contributed by atoms with van der Waals surface area (Å²) in [5.41, 5.74) is -0.355. The molecule has 17 heavy (non-hydrogen) atoms. The van der Waals surface area contributed by atoms with E-state index in [2.05, 4.69) is 4.98 Å². The average Bonchev–Trinajstić information content (AvgIpc) is 2.99. The standard InChI is InChI=1S/C12H11NO3S/c1-12(14,11-13-4-5-17-11)8-2-3-9-10(6-8)16-7-15-9/h2-6,14H,7H2,1H3. The molecule has 0 saturated carbocycles. The van der Waals surface area contributed by atoms with Crippen molar-refractivity contribution >= 4 is 11.3 Å². The lowest BCUT2D eigenvalue weighted by Crippen LogP contribution is -2.22. The molecule has 88 valence electrons. The van der Waals surface area contributed by atoms with Gasteiger partial charge < -0.3 is 14.6 Å². The highest BCUT2D eigenvalue weighted by atomic mass is 32.1. The monoisotopic (exact) mass is 249 g/mol. The Balaban J connectivity index is 2.04. The Morgan fingerprint density at radius 3 is 2.94 bits per heavy atom. The van der Waals surface area contributed by atoms with Gasteiger partial charge in [-0.05, 0) is 24.6 Å². The van der Waals surface area contributed by atoms with Crippen LogP contribution in [0, 0.1) is 0 Å². The lowest BCUT2D eigenvalue weighted by molar-refractivity contribution is 0.101. The highest BCUT2D eigenvalue weighted by Gasteiger charge is 2.30. The van der Waals surface area contributed by atoms with Gasteiger partial charge in [-0.3, -0.25) is 0 Å². The van der Waals surface area contributed by atoms with Gasteiger partial charge in [0, 0.05) is 11.6 Å². The zero-order valence-electron chi connectivity index (χ0n) is 9.21. The number of hydrogen-bond donors (Lipinski definition) is 1. The number of rotatable bonds is 2. The Bertz CT molecular complexity index is 537. The Labute approximate surface area is 102 Å². The smallest absolute Gasteiger partial charge is 0.231 e. The van der Waals surface area contributed by atoms with Gasteiger partial charge in [0.05, 0.1) is 0 Å². The van der Waals surface area contributed by atoms with Crippen molar-refractivity contribution in [3.8, 4) is 11.5 Å². The SMILES string of the molecule is CC(O)(c1ccc2c(c1)OCO2)c1nccs1. The average molecular weight is 249 g/mol. The molecule has 1 aromatic carbocycles. The summed E-state index contributed by atoms with van der Waals surface area (Å²) in [5.74, 6) is 1.38. The van der Waals surface area contributed by atoms with Crippen LogP contribution in [0.5, 0.6) is 11.5 Å². The highest BCUT2D eigenvalue weighted by molar-refractivity contribution is 7.09. The summed E-state index contributed by atoms with van der Waals surface area (Å²) >= 11 is 1.42. The Hall–Kier alpha value is -1.59. The van der Waals surface area contributed by atoms with Gasteiger partial charge in [-0.2, -0.15) is 0 Å². The third-order valence-corrected chi connectivity index (χ3v) is 3.77. The second-order valence-electron chi connectivity index (χ2n) is 3.98. The predicted molar refractivity (Wildman–Crippen MR) is 63.4 cm³/mol. The van der Waals surface area contributed by atoms with Gasteiger partial charge in [0.2, 0.25) is 6.79 Å². The summed E-state index contributed by atoms with van der Waals surface area (Å²) in [6.45, 7) is 1.96. The van der Waals surface area contributed by atoms with Gasteiger partial charge in [0.1, 0.15) is 10.6 Å². The molecule has 5 heteroatoms. The van der Waals surface area contributed by atoms with Crippen molar-refractivity contribution in [2.75, 3.05) is 6.79 Å². The number of aromatic nitrogens is 1. The first kappa shape index (κ1) is 10.6. The van der Waals surface area contributed by atoms with Crippen LogP contribution < -0.4 is 9.47 Å². The van der Waals surface area contributed by atoms with Gasteiger partial charge in [0.15, 0.2) is 11.5 Å². The maximum Gasteiger partial charge on any atom is 0.231 e. The normalized spacial score (nSPS) is 16.8. The largest absolute Gasteiger partial charge is 0.454 e. The molecule has 0 fully saturated rings. The molecule has 2 aromatic rings. The van der Waals surface area contributed by atoms with E-state index in [0.717, 1.165) is 5.56 Å². The van der Waals surface area contributed by atoms with Gasteiger partial charge >= 0.3 is 0 Å². The molecule has 2 heterocycles. The van der Waals surface area contributed by atoms with E-state index in [0.29, 0.717) is 16.5 Å². The summed E-state index contributed by atoms with van der Waals surface area (Å²) in [6.07, 6.45) is 1.68. The van der Waals surface area contributed by atoms with E-state index in [-0.39, 0.29) is 6.79 Å². The molecule has 1 unspecified atom stereocenters. The minimum atomic E-state index is -1.10. The van der Waals surface area contributed by atoms with E-state index >= 15 is 0 Å². The van der Waals surface area contributed by atoms with E-state index in [1.807, 2.05) is 11.4 Å². The molecule has 4 nitrogen and oxygen atoms in total. The van der Waals surface area contributed by atoms with Crippen LogP contribution in [-0.4, -0.2) is 16.9 Å². The van der Waals surface area contributed by atoms with E-state index in [4.69, 9.17) is 9.47 Å². The van der Waals surface area contributed by atoms with Crippen molar-refractivity contribution in [2.24, 2.45) is 0 Å². The molecule has 3 rings (SSSR count). The quantitative estimate of drug-likeness (QED) is 0.885. The van der Waals surface area contributed by atoms with Crippen molar-refractivity contribution in [2.45, 2.75) is 12.5 Å². The van der Waals surface area contributed by atoms with Gasteiger partial charge in [-0.1, -0.05) is 6.07 Å². The van der Waals surface area contributed by atoms with E-state index < -0.39 is 5.60 Å². The third-order valence-electron chi connectivity index (χ3n) is 2.78. The number of benzene rings is 1. The first-order valence-corrected chi connectivity index (χ1v) is 6.08. The van der Waals surface area contributed by atoms with E-state index in [9.17, 15) is 5.11 Å². The summed E-state index contributed by atoms with van der Waals surface area (Å²) in [6, 6.07) is 5.43. The topological polar surface area (TPSA) is 51.6 Å². The third kappa shape index (κ3) is 1.67. The number of nitrogens with zero attached hydrogens (tertiary/aromatic N) is 1. The molecular weight excluding hydrogens is 238 g/mol. The van der Waals surface area contributed by atoms with Gasteiger partial charge in [0.25, 0.3) is 0 Å². The molecule has 1 aliphatic heterocycles. The second kappa shape index (κ2) is 3.72. The van der Waals surface area contributed by atoms with E-state index in [1.165, 1.54) is 11.3 Å². The number of fused-ring (bicyclic) bond motifs is 1. The second-order valence-corrected chi connectivity index (χ2v) is 4.87. The van der Waals surface area contributed by atoms with Crippen LogP contribution in [-0.2, 0) is 5.60 Å². The van der Waals surface area contributed by atoms with Crippen LogP contribution in [0.2, 0.25) is 0 Å². The van der Waals surface area contributed by atoms with Crippen LogP contribution in [0.3, 0.4) is 0 Å². The van der Waals surface area contributed by atoms with Crippen molar-refractivity contribution in [1.82, 2.24) is 4.98 Å². The zero-order valence-corrected chi connectivity index (χ0v) is 10.0. The predicted octanol–water partition coefficient (Wildman–Crippen LogP) is 2.13. The highest BCUT2D eigenvalue weighted by Crippen LogP contribution is 2.38. The molecule has 0 saturated heterocycles. The molecule has 1 aromatic heterocycles. The zero-order chi connectivity index (χ0) is 11.9. The van der Waals surface area contributed by atoms with Crippen molar-refractivity contribution < 1.29 is 14.6 Å². The summed E-state index contributed by atoms with van der Waals surface area (Å²) in [5, 5.41) is 13.0. The maximum atomic E-state index is 10.5. The summed E-state index contributed by atoms with van der Waals surface area (Å²) in [4.78, 5) is 4.15. The Morgan fingerprint density at radius 2 is 2.18 bits per heavy atom. The molecule has 1 aliphatic rings. The molecule has 1 atom stereocenters. The molecule has 0 amide bonds. The molecule has 0 bridgehead atoms. The minimum absolute atomic E-state index is 0.234. The lowest BCUT2D eigenvalue weighted by Gasteiger charge is -2.21.